The molecule has 0 saturated carbocycles. The number of nitrogens with one attached hydrogen (secondary N) is 1. The second-order valence-corrected chi connectivity index (χ2v) is 3.96. The Balaban J connectivity index is 2.33. The van der Waals surface area contributed by atoms with Gasteiger partial charge in [-0.05, 0) is 37.8 Å². The largest absolute Gasteiger partial charge is 0.393 e. The van der Waals surface area contributed by atoms with Crippen molar-refractivity contribution in [3.05, 3.63) is 0 Å². The van der Waals surface area contributed by atoms with Gasteiger partial charge >= 0.3 is 0 Å². The van der Waals surface area contributed by atoms with Gasteiger partial charge in [-0.15, -0.1) is 0 Å². The van der Waals surface area contributed by atoms with Crippen LogP contribution in [-0.4, -0.2) is 24.3 Å². The summed E-state index contributed by atoms with van der Waals surface area (Å²) in [6, 6.07) is 0. The van der Waals surface area contributed by atoms with Crippen molar-refractivity contribution in [3.8, 4) is 0 Å². The first-order valence-corrected chi connectivity index (χ1v) is 5.14. The van der Waals surface area contributed by atoms with Crippen molar-refractivity contribution in [1.29, 1.82) is 0 Å². The topological polar surface area (TPSA) is 32.3 Å². The van der Waals surface area contributed by atoms with E-state index < -0.39 is 0 Å². The molecule has 12 heavy (non-hydrogen) atoms. The summed E-state index contributed by atoms with van der Waals surface area (Å²) in [7, 11) is 0. The van der Waals surface area contributed by atoms with Gasteiger partial charge in [0.15, 0.2) is 0 Å². The van der Waals surface area contributed by atoms with Crippen molar-refractivity contribution in [2.24, 2.45) is 11.8 Å². The highest BCUT2D eigenvalue weighted by atomic mass is 16.3. The summed E-state index contributed by atoms with van der Waals surface area (Å²) in [5.74, 6) is 1.01. The second-order valence-electron chi connectivity index (χ2n) is 3.96. The van der Waals surface area contributed by atoms with E-state index in [0.717, 1.165) is 32.4 Å². The van der Waals surface area contributed by atoms with E-state index in [1.54, 1.807) is 0 Å². The molecule has 0 aliphatic carbocycles. The molecule has 1 heterocycles. The fourth-order valence-corrected chi connectivity index (χ4v) is 1.89. The normalized spacial score (nSPS) is 25.2. The van der Waals surface area contributed by atoms with Crippen molar-refractivity contribution >= 4 is 0 Å². The van der Waals surface area contributed by atoms with Crippen LogP contribution in [0.3, 0.4) is 0 Å². The van der Waals surface area contributed by atoms with E-state index in [1.807, 2.05) is 0 Å². The summed E-state index contributed by atoms with van der Waals surface area (Å²) in [5, 5.41) is 13.2. The molecule has 2 heteroatoms. The van der Waals surface area contributed by atoms with Crippen LogP contribution in [-0.2, 0) is 0 Å². The smallest absolute Gasteiger partial charge is 0.0594 e. The Labute approximate surface area is 75.4 Å². The molecule has 1 aliphatic heterocycles. The minimum atomic E-state index is -0.0721. The number of piperidine rings is 1. The Bertz CT molecular complexity index is 121. The van der Waals surface area contributed by atoms with Gasteiger partial charge in [-0.1, -0.05) is 20.3 Å². The molecule has 72 valence electrons. The lowest BCUT2D eigenvalue weighted by molar-refractivity contribution is 0.0416. The van der Waals surface area contributed by atoms with Gasteiger partial charge in [-0.3, -0.25) is 0 Å². The van der Waals surface area contributed by atoms with Crippen molar-refractivity contribution in [1.82, 2.24) is 5.32 Å². The van der Waals surface area contributed by atoms with Gasteiger partial charge < -0.3 is 10.4 Å². The highest BCUT2D eigenvalue weighted by Gasteiger charge is 2.24. The quantitative estimate of drug-likeness (QED) is 0.672. The Morgan fingerprint density at radius 1 is 1.42 bits per heavy atom. The molecule has 0 amide bonds. The van der Waals surface area contributed by atoms with Crippen LogP contribution in [0.5, 0.6) is 0 Å². The molecule has 2 unspecified atom stereocenters. The minimum absolute atomic E-state index is 0.0721. The Hall–Kier alpha value is -0.0800. The van der Waals surface area contributed by atoms with E-state index in [4.69, 9.17) is 0 Å². The zero-order chi connectivity index (χ0) is 8.97. The van der Waals surface area contributed by atoms with E-state index >= 15 is 0 Å². The molecule has 2 atom stereocenters. The minimum Gasteiger partial charge on any atom is -0.393 e. The lowest BCUT2D eigenvalue weighted by atomic mass is 9.84. The molecule has 0 aromatic carbocycles. The monoisotopic (exact) mass is 171 g/mol. The van der Waals surface area contributed by atoms with E-state index in [-0.39, 0.29) is 6.10 Å². The summed E-state index contributed by atoms with van der Waals surface area (Å²) in [5.41, 5.74) is 0. The van der Waals surface area contributed by atoms with Gasteiger partial charge in [-0.25, -0.2) is 0 Å². The molecule has 0 radical (unpaired) electrons. The number of aliphatic hydroxyl groups excluding tert-OH is 1. The summed E-state index contributed by atoms with van der Waals surface area (Å²) in [4.78, 5) is 0. The molecule has 2 nitrogen and oxygen atoms in total. The summed E-state index contributed by atoms with van der Waals surface area (Å²) in [6.45, 7) is 6.46. The average molecular weight is 171 g/mol. The first-order valence-electron chi connectivity index (χ1n) is 5.14. The van der Waals surface area contributed by atoms with Crippen molar-refractivity contribution in [2.75, 3.05) is 13.1 Å². The highest BCUT2D eigenvalue weighted by Crippen LogP contribution is 2.23. The highest BCUT2D eigenvalue weighted by molar-refractivity contribution is 4.77. The molecule has 0 bridgehead atoms. The van der Waals surface area contributed by atoms with Crippen LogP contribution < -0.4 is 5.32 Å². The predicted octanol–water partition coefficient (Wildman–Crippen LogP) is 1.39. The molecular weight excluding hydrogens is 150 g/mol. The van der Waals surface area contributed by atoms with E-state index in [9.17, 15) is 5.11 Å². The van der Waals surface area contributed by atoms with Crippen LogP contribution in [0.2, 0.25) is 0 Å². The second kappa shape index (κ2) is 4.83. The number of rotatable bonds is 3. The first kappa shape index (κ1) is 10.0. The van der Waals surface area contributed by atoms with Crippen LogP contribution in [0, 0.1) is 11.8 Å². The van der Waals surface area contributed by atoms with Gasteiger partial charge in [0.2, 0.25) is 0 Å². The van der Waals surface area contributed by atoms with Crippen LogP contribution in [0.25, 0.3) is 0 Å². The molecule has 0 spiro atoms. The number of hydrogen-bond donors (Lipinski definition) is 2. The fraction of sp³-hybridized carbons (Fsp3) is 1.00. The lowest BCUT2D eigenvalue weighted by Crippen LogP contribution is -2.36. The molecule has 0 aromatic rings. The van der Waals surface area contributed by atoms with Crippen molar-refractivity contribution < 1.29 is 5.11 Å². The number of hydrogen-bond acceptors (Lipinski definition) is 2. The van der Waals surface area contributed by atoms with E-state index in [0.29, 0.717) is 11.8 Å². The van der Waals surface area contributed by atoms with Gasteiger partial charge in [0.1, 0.15) is 0 Å². The van der Waals surface area contributed by atoms with Gasteiger partial charge in [0.25, 0.3) is 0 Å². The molecular formula is C10H21NO. The summed E-state index contributed by atoms with van der Waals surface area (Å²) in [6.07, 6.45) is 3.30. The van der Waals surface area contributed by atoms with E-state index in [1.165, 1.54) is 0 Å². The third-order valence-electron chi connectivity index (χ3n) is 3.09. The predicted molar refractivity (Wildman–Crippen MR) is 51.1 cm³/mol. The van der Waals surface area contributed by atoms with Crippen LogP contribution in [0.4, 0.5) is 0 Å². The molecule has 1 rings (SSSR count). The van der Waals surface area contributed by atoms with Gasteiger partial charge in [0.05, 0.1) is 6.10 Å². The standard InChI is InChI=1S/C10H21NO/c1-3-8(2)10(12)9-4-6-11-7-5-9/h8-12H,3-7H2,1-2H3. The third-order valence-corrected chi connectivity index (χ3v) is 3.09. The van der Waals surface area contributed by atoms with Gasteiger partial charge in [-0.2, -0.15) is 0 Å². The maximum absolute atomic E-state index is 9.91. The SMILES string of the molecule is CCC(C)C(O)C1CCNCC1. The molecule has 1 fully saturated rings. The molecule has 0 aromatic heterocycles. The fourth-order valence-electron chi connectivity index (χ4n) is 1.89. The zero-order valence-corrected chi connectivity index (χ0v) is 8.21. The maximum Gasteiger partial charge on any atom is 0.0594 e. The zero-order valence-electron chi connectivity index (χ0n) is 8.21. The maximum atomic E-state index is 9.91. The Kier molecular flexibility index (Phi) is 4.02. The van der Waals surface area contributed by atoms with Crippen molar-refractivity contribution in [3.63, 3.8) is 0 Å². The summed E-state index contributed by atoms with van der Waals surface area (Å²) < 4.78 is 0. The van der Waals surface area contributed by atoms with Crippen LogP contribution in [0.1, 0.15) is 33.1 Å². The molecule has 1 aliphatic rings. The van der Waals surface area contributed by atoms with E-state index in [2.05, 4.69) is 19.2 Å². The van der Waals surface area contributed by atoms with Crippen molar-refractivity contribution in [2.45, 2.75) is 39.2 Å². The first-order chi connectivity index (χ1) is 5.75. The van der Waals surface area contributed by atoms with Crippen LogP contribution in [0.15, 0.2) is 0 Å². The van der Waals surface area contributed by atoms with Crippen LogP contribution >= 0.6 is 0 Å². The summed E-state index contributed by atoms with van der Waals surface area (Å²) >= 11 is 0. The third kappa shape index (κ3) is 2.46. The lowest BCUT2D eigenvalue weighted by Gasteiger charge is -2.30. The average Bonchev–Trinajstić information content (AvgIpc) is 2.17. The van der Waals surface area contributed by atoms with Gasteiger partial charge in [0, 0.05) is 0 Å². The molecule has 1 saturated heterocycles. The number of aliphatic hydroxyl groups is 1. The molecule has 2 N–H and O–H groups in total. The Morgan fingerprint density at radius 2 is 2.00 bits per heavy atom. The Morgan fingerprint density at radius 3 is 2.50 bits per heavy atom.